The van der Waals surface area contributed by atoms with Crippen molar-refractivity contribution in [1.29, 1.82) is 0 Å². The zero-order valence-electron chi connectivity index (χ0n) is 12.8. The molecule has 0 unspecified atom stereocenters. The monoisotopic (exact) mass is 311 g/mol. The maximum atomic E-state index is 12.1. The number of aromatic nitrogens is 3. The molecule has 1 N–H and O–H groups in total. The van der Waals surface area contributed by atoms with Crippen LogP contribution in [0.3, 0.4) is 0 Å². The Morgan fingerprint density at radius 1 is 1.26 bits per heavy atom. The van der Waals surface area contributed by atoms with Gasteiger partial charge in [-0.2, -0.15) is 5.10 Å². The van der Waals surface area contributed by atoms with E-state index in [1.54, 1.807) is 13.1 Å². The van der Waals surface area contributed by atoms with E-state index in [-0.39, 0.29) is 17.9 Å². The standard InChI is InChI=1S/C17H17N3O3/c1-2-23-17(22)14-15(21)13(10-20-16(14)18-11-19-20)9-8-12-6-4-3-5-7-12/h3-7,10-11,21H,2,8-9H2,1H3. The van der Waals surface area contributed by atoms with E-state index in [1.807, 2.05) is 30.3 Å². The second-order valence-electron chi connectivity index (χ2n) is 5.11. The van der Waals surface area contributed by atoms with Crippen LogP contribution in [0.1, 0.15) is 28.4 Å². The van der Waals surface area contributed by atoms with Crippen LogP contribution in [0.5, 0.6) is 5.75 Å². The molecule has 6 heteroatoms. The van der Waals surface area contributed by atoms with Crippen LogP contribution >= 0.6 is 0 Å². The average molecular weight is 311 g/mol. The summed E-state index contributed by atoms with van der Waals surface area (Å²) in [5.41, 5.74) is 2.15. The predicted octanol–water partition coefficient (Wildman–Crippen LogP) is 2.40. The molecule has 0 radical (unpaired) electrons. The minimum absolute atomic E-state index is 0.0647. The number of hydrogen-bond acceptors (Lipinski definition) is 5. The van der Waals surface area contributed by atoms with Crippen molar-refractivity contribution in [3.8, 4) is 5.75 Å². The van der Waals surface area contributed by atoms with E-state index < -0.39 is 5.97 Å². The Kier molecular flexibility index (Phi) is 4.23. The number of carbonyl (C=O) groups excluding carboxylic acids is 1. The minimum Gasteiger partial charge on any atom is -0.507 e. The fourth-order valence-electron chi connectivity index (χ4n) is 2.50. The predicted molar refractivity (Wildman–Crippen MR) is 84.5 cm³/mol. The maximum Gasteiger partial charge on any atom is 0.345 e. The first-order valence-electron chi connectivity index (χ1n) is 7.46. The van der Waals surface area contributed by atoms with Gasteiger partial charge in [0.2, 0.25) is 0 Å². The van der Waals surface area contributed by atoms with Crippen LogP contribution in [0.15, 0.2) is 42.9 Å². The number of pyridine rings is 1. The molecule has 0 saturated carbocycles. The van der Waals surface area contributed by atoms with Gasteiger partial charge < -0.3 is 9.84 Å². The Morgan fingerprint density at radius 2 is 2.04 bits per heavy atom. The summed E-state index contributed by atoms with van der Waals surface area (Å²) in [6, 6.07) is 9.95. The van der Waals surface area contributed by atoms with Crippen LogP contribution in [-0.4, -0.2) is 32.3 Å². The topological polar surface area (TPSA) is 76.7 Å². The van der Waals surface area contributed by atoms with Crippen molar-refractivity contribution in [3.63, 3.8) is 0 Å². The summed E-state index contributed by atoms with van der Waals surface area (Å²) in [5.74, 6) is -0.676. The highest BCUT2D eigenvalue weighted by atomic mass is 16.5. The second-order valence-corrected chi connectivity index (χ2v) is 5.11. The van der Waals surface area contributed by atoms with E-state index >= 15 is 0 Å². The van der Waals surface area contributed by atoms with Gasteiger partial charge in [-0.05, 0) is 25.3 Å². The van der Waals surface area contributed by atoms with E-state index in [4.69, 9.17) is 4.74 Å². The summed E-state index contributed by atoms with van der Waals surface area (Å²) in [6.45, 7) is 1.95. The van der Waals surface area contributed by atoms with Crippen LogP contribution in [0.2, 0.25) is 0 Å². The molecule has 0 spiro atoms. The highest BCUT2D eigenvalue weighted by molar-refractivity contribution is 5.99. The molecule has 0 fully saturated rings. The molecule has 0 bridgehead atoms. The number of benzene rings is 1. The van der Waals surface area contributed by atoms with Crippen LogP contribution in [-0.2, 0) is 17.6 Å². The summed E-state index contributed by atoms with van der Waals surface area (Å²) >= 11 is 0. The highest BCUT2D eigenvalue weighted by Crippen LogP contribution is 2.27. The lowest BCUT2D eigenvalue weighted by Crippen LogP contribution is -2.10. The molecule has 0 aliphatic rings. The van der Waals surface area contributed by atoms with Crippen molar-refractivity contribution >= 4 is 11.6 Å². The van der Waals surface area contributed by atoms with Crippen LogP contribution < -0.4 is 0 Å². The molecule has 0 aliphatic heterocycles. The summed E-state index contributed by atoms with van der Waals surface area (Å²) in [5, 5.41) is 14.6. The lowest BCUT2D eigenvalue weighted by molar-refractivity contribution is 0.0524. The molecule has 118 valence electrons. The van der Waals surface area contributed by atoms with Crippen LogP contribution in [0.4, 0.5) is 0 Å². The Bertz CT molecular complexity index is 828. The third-order valence-corrected chi connectivity index (χ3v) is 3.62. The van der Waals surface area contributed by atoms with Gasteiger partial charge in [0.15, 0.2) is 5.65 Å². The van der Waals surface area contributed by atoms with E-state index in [9.17, 15) is 9.90 Å². The van der Waals surface area contributed by atoms with E-state index in [1.165, 1.54) is 10.8 Å². The Hall–Kier alpha value is -2.89. The second kappa shape index (κ2) is 6.48. The molecular weight excluding hydrogens is 294 g/mol. The molecule has 0 amide bonds. The normalized spacial score (nSPS) is 10.8. The van der Waals surface area contributed by atoms with Crippen molar-refractivity contribution in [2.75, 3.05) is 6.61 Å². The summed E-state index contributed by atoms with van der Waals surface area (Å²) in [6.07, 6.45) is 4.37. The van der Waals surface area contributed by atoms with Gasteiger partial charge in [0, 0.05) is 11.8 Å². The third kappa shape index (κ3) is 3.01. The van der Waals surface area contributed by atoms with Gasteiger partial charge in [-0.15, -0.1) is 0 Å². The van der Waals surface area contributed by atoms with Crippen LogP contribution in [0.25, 0.3) is 5.65 Å². The molecule has 3 aromatic rings. The molecule has 1 aromatic carbocycles. The molecule has 0 saturated heterocycles. The zero-order valence-corrected chi connectivity index (χ0v) is 12.8. The number of ether oxygens (including phenoxy) is 1. The quantitative estimate of drug-likeness (QED) is 0.732. The molecule has 3 rings (SSSR count). The van der Waals surface area contributed by atoms with E-state index in [0.717, 1.165) is 12.0 Å². The molecule has 6 nitrogen and oxygen atoms in total. The first-order valence-corrected chi connectivity index (χ1v) is 7.46. The fraction of sp³-hybridized carbons (Fsp3) is 0.235. The minimum atomic E-state index is -0.593. The average Bonchev–Trinajstić information content (AvgIpc) is 3.01. The number of nitrogens with zero attached hydrogens (tertiary/aromatic N) is 3. The van der Waals surface area contributed by atoms with Gasteiger partial charge in [0.1, 0.15) is 17.6 Å². The van der Waals surface area contributed by atoms with Crippen molar-refractivity contribution in [2.24, 2.45) is 0 Å². The molecular formula is C17H17N3O3. The molecule has 2 heterocycles. The Labute approximate surface area is 133 Å². The Balaban J connectivity index is 1.97. The zero-order chi connectivity index (χ0) is 16.2. The number of carbonyl (C=O) groups is 1. The molecule has 0 atom stereocenters. The Morgan fingerprint density at radius 3 is 2.78 bits per heavy atom. The van der Waals surface area contributed by atoms with Crippen molar-refractivity contribution < 1.29 is 14.6 Å². The third-order valence-electron chi connectivity index (χ3n) is 3.62. The number of hydrogen-bond donors (Lipinski definition) is 1. The van der Waals surface area contributed by atoms with Crippen molar-refractivity contribution in [3.05, 3.63) is 59.5 Å². The largest absolute Gasteiger partial charge is 0.507 e. The first kappa shape index (κ1) is 15.0. The highest BCUT2D eigenvalue weighted by Gasteiger charge is 2.22. The van der Waals surface area contributed by atoms with Gasteiger partial charge in [-0.3, -0.25) is 0 Å². The lowest BCUT2D eigenvalue weighted by Gasteiger charge is -2.10. The van der Waals surface area contributed by atoms with Crippen LogP contribution in [0, 0.1) is 0 Å². The van der Waals surface area contributed by atoms with Crippen molar-refractivity contribution in [2.45, 2.75) is 19.8 Å². The molecule has 23 heavy (non-hydrogen) atoms. The number of rotatable bonds is 5. The summed E-state index contributed by atoms with van der Waals surface area (Å²) < 4.78 is 6.52. The number of aromatic hydroxyl groups is 1. The number of fused-ring (bicyclic) bond motifs is 1. The maximum absolute atomic E-state index is 12.1. The smallest absolute Gasteiger partial charge is 0.345 e. The first-order chi connectivity index (χ1) is 11.2. The lowest BCUT2D eigenvalue weighted by atomic mass is 10.0. The molecule has 0 aliphatic carbocycles. The van der Waals surface area contributed by atoms with E-state index in [2.05, 4.69) is 10.1 Å². The fourth-order valence-corrected chi connectivity index (χ4v) is 2.50. The van der Waals surface area contributed by atoms with E-state index in [0.29, 0.717) is 17.6 Å². The van der Waals surface area contributed by atoms with Gasteiger partial charge in [0.25, 0.3) is 0 Å². The van der Waals surface area contributed by atoms with Gasteiger partial charge in [0.05, 0.1) is 6.61 Å². The van der Waals surface area contributed by atoms with Gasteiger partial charge >= 0.3 is 5.97 Å². The van der Waals surface area contributed by atoms with Gasteiger partial charge in [-0.1, -0.05) is 30.3 Å². The summed E-state index contributed by atoms with van der Waals surface area (Å²) in [4.78, 5) is 16.2. The molecule has 2 aromatic heterocycles. The van der Waals surface area contributed by atoms with Gasteiger partial charge in [-0.25, -0.2) is 14.3 Å². The SMILES string of the molecule is CCOC(=O)c1c(O)c(CCc2ccccc2)cn2ncnc12. The summed E-state index contributed by atoms with van der Waals surface area (Å²) in [7, 11) is 0. The van der Waals surface area contributed by atoms with Crippen molar-refractivity contribution in [1.82, 2.24) is 14.6 Å². The number of esters is 1. The number of aryl methyl sites for hydroxylation is 2.